The van der Waals surface area contributed by atoms with Gasteiger partial charge in [-0.15, -0.1) is 0 Å². The molecule has 25 heavy (non-hydrogen) atoms. The number of carbonyl (C=O) groups excluding carboxylic acids is 1. The fourth-order valence-electron chi connectivity index (χ4n) is 2.08. The summed E-state index contributed by atoms with van der Waals surface area (Å²) < 4.78 is 27.7. The number of anilines is 1. The van der Waals surface area contributed by atoms with Crippen molar-refractivity contribution in [3.63, 3.8) is 0 Å². The molecule has 4 N–H and O–H groups in total. The Bertz CT molecular complexity index is 907. The van der Waals surface area contributed by atoms with Gasteiger partial charge in [-0.3, -0.25) is 4.79 Å². The van der Waals surface area contributed by atoms with E-state index in [9.17, 15) is 18.0 Å². The minimum absolute atomic E-state index is 0.0368. The molecule has 2 aromatic carbocycles. The third-order valence-corrected chi connectivity index (χ3v) is 4.19. The molecular formula is C16H16N2O6S. The number of carboxylic acids is 1. The number of hydrogen-bond acceptors (Lipinski definition) is 5. The fourth-order valence-corrected chi connectivity index (χ4v) is 2.59. The Morgan fingerprint density at radius 2 is 1.80 bits per heavy atom. The summed E-state index contributed by atoms with van der Waals surface area (Å²) in [5.74, 6) is -1.56. The van der Waals surface area contributed by atoms with Crippen LogP contribution in [-0.4, -0.2) is 32.0 Å². The van der Waals surface area contributed by atoms with Crippen LogP contribution in [-0.2, 0) is 14.8 Å². The van der Waals surface area contributed by atoms with Crippen LogP contribution < -0.4 is 15.2 Å². The summed E-state index contributed by atoms with van der Waals surface area (Å²) in [5, 5.41) is 16.6. The summed E-state index contributed by atoms with van der Waals surface area (Å²) >= 11 is 0. The topological polar surface area (TPSA) is 136 Å². The van der Waals surface area contributed by atoms with Gasteiger partial charge in [-0.25, -0.2) is 18.4 Å². The van der Waals surface area contributed by atoms with Crippen molar-refractivity contribution in [2.24, 2.45) is 5.14 Å². The fraction of sp³-hybridized carbons (Fsp3) is 0.125. The number of hydrogen-bond donors (Lipinski definition) is 3. The number of sulfonamides is 1. The largest absolute Gasteiger partial charge is 0.483 e. The highest BCUT2D eigenvalue weighted by atomic mass is 32.2. The van der Waals surface area contributed by atoms with E-state index in [2.05, 4.69) is 5.32 Å². The second-order valence-corrected chi connectivity index (χ2v) is 6.72. The van der Waals surface area contributed by atoms with Gasteiger partial charge < -0.3 is 15.2 Å². The minimum Gasteiger partial charge on any atom is -0.483 e. The van der Waals surface area contributed by atoms with Crippen LogP contribution in [0.1, 0.15) is 15.9 Å². The highest BCUT2D eigenvalue weighted by molar-refractivity contribution is 7.89. The Hall–Kier alpha value is -2.91. The second kappa shape index (κ2) is 7.32. The third-order valence-electron chi connectivity index (χ3n) is 3.26. The molecule has 132 valence electrons. The zero-order valence-electron chi connectivity index (χ0n) is 13.2. The molecule has 0 saturated heterocycles. The summed E-state index contributed by atoms with van der Waals surface area (Å²) in [5.41, 5.74) is 0.903. The molecule has 0 saturated carbocycles. The Morgan fingerprint density at radius 3 is 2.36 bits per heavy atom. The molecule has 9 heteroatoms. The van der Waals surface area contributed by atoms with E-state index in [-0.39, 0.29) is 16.2 Å². The number of amides is 1. The maximum atomic E-state index is 11.9. The number of carboxylic acid groups (broad SMARTS) is 1. The Balaban J connectivity index is 2.04. The first kappa shape index (κ1) is 18.4. The molecule has 8 nitrogen and oxygen atoms in total. The monoisotopic (exact) mass is 364 g/mol. The van der Waals surface area contributed by atoms with Crippen LogP contribution in [0.25, 0.3) is 0 Å². The lowest BCUT2D eigenvalue weighted by Gasteiger charge is -2.12. The number of aryl methyl sites for hydroxylation is 1. The predicted molar refractivity (Wildman–Crippen MR) is 90.1 cm³/mol. The van der Waals surface area contributed by atoms with E-state index in [1.165, 1.54) is 30.3 Å². The lowest BCUT2D eigenvalue weighted by Crippen LogP contribution is -2.21. The van der Waals surface area contributed by atoms with Gasteiger partial charge in [-0.05, 0) is 42.8 Å². The number of primary sulfonamides is 1. The van der Waals surface area contributed by atoms with E-state index in [0.717, 1.165) is 0 Å². The molecule has 0 bridgehead atoms. The highest BCUT2D eigenvalue weighted by Crippen LogP contribution is 2.23. The van der Waals surface area contributed by atoms with Crippen molar-refractivity contribution in [1.82, 2.24) is 0 Å². The van der Waals surface area contributed by atoms with Crippen molar-refractivity contribution >= 4 is 27.6 Å². The van der Waals surface area contributed by atoms with Crippen molar-refractivity contribution in [3.8, 4) is 5.75 Å². The Labute approximate surface area is 144 Å². The van der Waals surface area contributed by atoms with Crippen molar-refractivity contribution in [3.05, 3.63) is 53.6 Å². The van der Waals surface area contributed by atoms with E-state index in [1.807, 2.05) is 0 Å². The molecule has 0 aromatic heterocycles. The van der Waals surface area contributed by atoms with Crippen LogP contribution >= 0.6 is 0 Å². The van der Waals surface area contributed by atoms with Gasteiger partial charge in [-0.1, -0.05) is 12.1 Å². The van der Waals surface area contributed by atoms with Gasteiger partial charge in [0.05, 0.1) is 4.90 Å². The SMILES string of the molecule is Cc1cccc(C(=O)O)c1OCC(=O)Nc1ccc(S(N)(=O)=O)cc1. The maximum Gasteiger partial charge on any atom is 0.339 e. The predicted octanol–water partition coefficient (Wildman–Crippen LogP) is 1.36. The summed E-state index contributed by atoms with van der Waals surface area (Å²) in [7, 11) is -3.80. The standard InChI is InChI=1S/C16H16N2O6S/c1-10-3-2-4-13(16(20)21)15(10)24-9-14(19)18-11-5-7-12(8-6-11)25(17,22)23/h2-8H,9H2,1H3,(H,18,19)(H,20,21)(H2,17,22,23). The van der Waals surface area contributed by atoms with Crippen molar-refractivity contribution in [1.29, 1.82) is 0 Å². The molecule has 0 aliphatic heterocycles. The number of carbonyl (C=O) groups is 2. The molecule has 0 heterocycles. The van der Waals surface area contributed by atoms with Crippen LogP contribution in [0.5, 0.6) is 5.75 Å². The van der Waals surface area contributed by atoms with Crippen molar-refractivity contribution < 1.29 is 27.9 Å². The van der Waals surface area contributed by atoms with Crippen LogP contribution in [0.15, 0.2) is 47.4 Å². The van der Waals surface area contributed by atoms with Crippen LogP contribution in [0.4, 0.5) is 5.69 Å². The molecule has 2 aromatic rings. The Kier molecular flexibility index (Phi) is 5.40. The number of aromatic carboxylic acids is 1. The summed E-state index contributed by atoms with van der Waals surface area (Å²) in [4.78, 5) is 23.0. The van der Waals surface area contributed by atoms with E-state index in [1.54, 1.807) is 19.1 Å². The van der Waals surface area contributed by atoms with E-state index >= 15 is 0 Å². The molecule has 0 atom stereocenters. The highest BCUT2D eigenvalue weighted by Gasteiger charge is 2.15. The molecule has 0 aliphatic carbocycles. The van der Waals surface area contributed by atoms with Crippen LogP contribution in [0.3, 0.4) is 0 Å². The van der Waals surface area contributed by atoms with Crippen LogP contribution in [0, 0.1) is 6.92 Å². The summed E-state index contributed by atoms with van der Waals surface area (Å²) in [6, 6.07) is 9.92. The first-order chi connectivity index (χ1) is 11.7. The first-order valence-electron chi connectivity index (χ1n) is 7.07. The quantitative estimate of drug-likeness (QED) is 0.708. The third kappa shape index (κ3) is 4.78. The van der Waals surface area contributed by atoms with Gasteiger partial charge in [0.2, 0.25) is 10.0 Å². The number of ether oxygens (including phenoxy) is 1. The minimum atomic E-state index is -3.80. The Morgan fingerprint density at radius 1 is 1.16 bits per heavy atom. The lowest BCUT2D eigenvalue weighted by atomic mass is 10.1. The number of rotatable bonds is 6. The van der Waals surface area contributed by atoms with Gasteiger partial charge in [-0.2, -0.15) is 0 Å². The van der Waals surface area contributed by atoms with Crippen LogP contribution in [0.2, 0.25) is 0 Å². The van der Waals surface area contributed by atoms with E-state index in [4.69, 9.17) is 15.0 Å². The molecule has 2 rings (SSSR count). The number of nitrogens with one attached hydrogen (secondary N) is 1. The van der Waals surface area contributed by atoms with Gasteiger partial charge >= 0.3 is 5.97 Å². The molecule has 0 unspecified atom stereocenters. The number of benzene rings is 2. The second-order valence-electron chi connectivity index (χ2n) is 5.16. The molecule has 0 radical (unpaired) electrons. The van der Waals surface area contributed by atoms with Gasteiger partial charge in [0.15, 0.2) is 6.61 Å². The average Bonchev–Trinajstić information content (AvgIpc) is 2.53. The lowest BCUT2D eigenvalue weighted by molar-refractivity contribution is -0.118. The number of nitrogens with two attached hydrogens (primary N) is 1. The molecule has 0 spiro atoms. The molecular weight excluding hydrogens is 348 g/mol. The van der Waals surface area contributed by atoms with Gasteiger partial charge in [0.1, 0.15) is 11.3 Å². The average molecular weight is 364 g/mol. The molecule has 0 aliphatic rings. The maximum absolute atomic E-state index is 11.9. The first-order valence-corrected chi connectivity index (χ1v) is 8.61. The summed E-state index contributed by atoms with van der Waals surface area (Å²) in [6.45, 7) is 1.27. The molecule has 1 amide bonds. The molecule has 0 fully saturated rings. The summed E-state index contributed by atoms with van der Waals surface area (Å²) in [6.07, 6.45) is 0. The van der Waals surface area contributed by atoms with E-state index in [0.29, 0.717) is 11.3 Å². The van der Waals surface area contributed by atoms with Gasteiger partial charge in [0.25, 0.3) is 5.91 Å². The smallest absolute Gasteiger partial charge is 0.339 e. The number of para-hydroxylation sites is 1. The normalized spacial score (nSPS) is 11.0. The van der Waals surface area contributed by atoms with E-state index < -0.39 is 28.5 Å². The van der Waals surface area contributed by atoms with Crippen molar-refractivity contribution in [2.45, 2.75) is 11.8 Å². The zero-order valence-corrected chi connectivity index (χ0v) is 14.0. The van der Waals surface area contributed by atoms with Gasteiger partial charge in [0, 0.05) is 5.69 Å². The van der Waals surface area contributed by atoms with Crippen molar-refractivity contribution in [2.75, 3.05) is 11.9 Å². The zero-order chi connectivity index (χ0) is 18.6.